The third-order valence-electron chi connectivity index (χ3n) is 3.92. The van der Waals surface area contributed by atoms with Gasteiger partial charge in [0.1, 0.15) is 5.82 Å². The first kappa shape index (κ1) is 14.1. The molecule has 2 aromatic rings. The summed E-state index contributed by atoms with van der Waals surface area (Å²) in [4.78, 5) is 7.52. The van der Waals surface area contributed by atoms with Crippen LogP contribution in [0.3, 0.4) is 0 Å². The topological polar surface area (TPSA) is 37.9 Å². The average molecular weight is 296 g/mol. The van der Waals surface area contributed by atoms with Crippen LogP contribution in [0, 0.1) is 5.92 Å². The monoisotopic (exact) mass is 296 g/mol. The Hall–Kier alpha value is -1.82. The number of hydrogen-bond acceptors (Lipinski definition) is 2. The summed E-state index contributed by atoms with van der Waals surface area (Å²) in [5.74, 6) is 1.55. The molecule has 112 valence electrons. The molecule has 1 aromatic heterocycles. The molecule has 0 spiro atoms. The van der Waals surface area contributed by atoms with Gasteiger partial charge in [0.15, 0.2) is 0 Å². The largest absolute Gasteiger partial charge is 0.416 e. The first-order valence-electron chi connectivity index (χ1n) is 6.75. The number of ether oxygens (including phenoxy) is 1. The lowest BCUT2D eigenvalue weighted by Gasteiger charge is -2.30. The van der Waals surface area contributed by atoms with E-state index in [1.807, 2.05) is 0 Å². The van der Waals surface area contributed by atoms with Crippen molar-refractivity contribution in [2.24, 2.45) is 5.92 Å². The van der Waals surface area contributed by atoms with E-state index in [2.05, 4.69) is 16.9 Å². The zero-order valence-electron chi connectivity index (χ0n) is 11.4. The van der Waals surface area contributed by atoms with Crippen LogP contribution >= 0.6 is 0 Å². The van der Waals surface area contributed by atoms with Crippen LogP contribution in [0.25, 0.3) is 11.3 Å². The third kappa shape index (κ3) is 2.81. The number of imidazole rings is 1. The molecular formula is C15H15F3N2O. The molecule has 1 saturated heterocycles. The van der Waals surface area contributed by atoms with E-state index in [0.717, 1.165) is 36.9 Å². The van der Waals surface area contributed by atoms with E-state index in [1.54, 1.807) is 6.20 Å². The second-order valence-corrected chi connectivity index (χ2v) is 5.34. The summed E-state index contributed by atoms with van der Waals surface area (Å²) in [6.45, 7) is 3.54. The predicted octanol–water partition coefficient (Wildman–Crippen LogP) is 3.85. The maximum absolute atomic E-state index is 12.5. The highest BCUT2D eigenvalue weighted by atomic mass is 19.4. The van der Waals surface area contributed by atoms with Crippen LogP contribution in [0.2, 0.25) is 0 Å². The summed E-state index contributed by atoms with van der Waals surface area (Å²) in [6.07, 6.45) is -2.65. The first-order valence-corrected chi connectivity index (χ1v) is 6.75. The van der Waals surface area contributed by atoms with E-state index in [1.165, 1.54) is 12.1 Å². The van der Waals surface area contributed by atoms with Gasteiger partial charge in [-0.25, -0.2) is 4.98 Å². The van der Waals surface area contributed by atoms with Crippen LogP contribution in [0.1, 0.15) is 24.2 Å². The van der Waals surface area contributed by atoms with Gasteiger partial charge in [0, 0.05) is 11.8 Å². The first-order chi connectivity index (χ1) is 9.95. The van der Waals surface area contributed by atoms with Gasteiger partial charge in [0.2, 0.25) is 0 Å². The lowest BCUT2D eigenvalue weighted by Crippen LogP contribution is -2.32. The maximum atomic E-state index is 12.5. The van der Waals surface area contributed by atoms with E-state index in [9.17, 15) is 13.2 Å². The summed E-state index contributed by atoms with van der Waals surface area (Å²) in [5.41, 5.74) is 0.774. The smallest absolute Gasteiger partial charge is 0.381 e. The van der Waals surface area contributed by atoms with E-state index >= 15 is 0 Å². The van der Waals surface area contributed by atoms with Crippen LogP contribution in [0.4, 0.5) is 13.2 Å². The Kier molecular flexibility index (Phi) is 3.49. The second-order valence-electron chi connectivity index (χ2n) is 5.34. The van der Waals surface area contributed by atoms with Crippen molar-refractivity contribution < 1.29 is 17.9 Å². The van der Waals surface area contributed by atoms with Gasteiger partial charge in [0.25, 0.3) is 0 Å². The molecule has 1 N–H and O–H groups in total. The van der Waals surface area contributed by atoms with Crippen molar-refractivity contribution in [3.05, 3.63) is 41.9 Å². The normalized spacial score (nSPS) is 17.5. The van der Waals surface area contributed by atoms with Crippen molar-refractivity contribution in [2.75, 3.05) is 13.2 Å². The van der Waals surface area contributed by atoms with Crippen molar-refractivity contribution in [1.82, 2.24) is 9.97 Å². The molecule has 1 atom stereocenters. The Balaban J connectivity index is 1.79. The quantitative estimate of drug-likeness (QED) is 0.934. The number of H-pyrrole nitrogens is 1. The number of halogens is 3. The summed E-state index contributed by atoms with van der Waals surface area (Å²) >= 11 is 0. The minimum absolute atomic E-state index is 0.252. The summed E-state index contributed by atoms with van der Waals surface area (Å²) in [7, 11) is 0. The molecule has 0 radical (unpaired) electrons. The summed E-state index contributed by atoms with van der Waals surface area (Å²) in [5, 5.41) is 0. The third-order valence-corrected chi connectivity index (χ3v) is 3.92. The van der Waals surface area contributed by atoms with E-state index in [4.69, 9.17) is 4.74 Å². The molecule has 1 aromatic carbocycles. The van der Waals surface area contributed by atoms with Gasteiger partial charge < -0.3 is 9.72 Å². The number of benzene rings is 1. The number of alkyl halides is 3. The van der Waals surface area contributed by atoms with Crippen molar-refractivity contribution in [1.29, 1.82) is 0 Å². The molecule has 0 bridgehead atoms. The molecule has 0 amide bonds. The molecule has 6 heteroatoms. The van der Waals surface area contributed by atoms with Gasteiger partial charge in [-0.05, 0) is 17.7 Å². The lowest BCUT2D eigenvalue weighted by molar-refractivity contribution is -0.137. The summed E-state index contributed by atoms with van der Waals surface area (Å²) < 4.78 is 42.8. The lowest BCUT2D eigenvalue weighted by atomic mass is 9.92. The van der Waals surface area contributed by atoms with Crippen LogP contribution in [0.15, 0.2) is 30.5 Å². The van der Waals surface area contributed by atoms with Crippen molar-refractivity contribution >= 4 is 0 Å². The summed E-state index contributed by atoms with van der Waals surface area (Å²) in [6, 6.07) is 5.08. The van der Waals surface area contributed by atoms with Gasteiger partial charge in [-0.3, -0.25) is 0 Å². The molecule has 0 unspecified atom stereocenters. The number of nitrogens with one attached hydrogen (secondary N) is 1. The van der Waals surface area contributed by atoms with Gasteiger partial charge in [-0.2, -0.15) is 13.2 Å². The van der Waals surface area contributed by atoms with E-state index in [-0.39, 0.29) is 5.92 Å². The van der Waals surface area contributed by atoms with E-state index in [0.29, 0.717) is 11.5 Å². The van der Waals surface area contributed by atoms with Gasteiger partial charge in [0.05, 0.1) is 30.7 Å². The fraction of sp³-hybridized carbons (Fsp3) is 0.400. The van der Waals surface area contributed by atoms with Crippen LogP contribution in [-0.2, 0) is 10.9 Å². The van der Waals surface area contributed by atoms with Gasteiger partial charge in [-0.1, -0.05) is 19.1 Å². The minimum atomic E-state index is -4.31. The zero-order chi connectivity index (χ0) is 15.0. The predicted molar refractivity (Wildman–Crippen MR) is 71.7 cm³/mol. The number of aromatic amines is 1. The minimum Gasteiger partial charge on any atom is -0.381 e. The van der Waals surface area contributed by atoms with Gasteiger partial charge in [-0.15, -0.1) is 0 Å². The Morgan fingerprint density at radius 2 is 1.90 bits per heavy atom. The van der Waals surface area contributed by atoms with Crippen LogP contribution in [0.5, 0.6) is 0 Å². The molecule has 2 heterocycles. The number of nitrogens with zero attached hydrogens (tertiary/aromatic N) is 1. The average Bonchev–Trinajstić information content (AvgIpc) is 2.85. The number of aromatic nitrogens is 2. The van der Waals surface area contributed by atoms with Crippen molar-refractivity contribution in [3.63, 3.8) is 0 Å². The highest BCUT2D eigenvalue weighted by Gasteiger charge is 2.30. The fourth-order valence-electron chi connectivity index (χ4n) is 2.32. The number of rotatable bonds is 3. The molecule has 0 aliphatic carbocycles. The van der Waals surface area contributed by atoms with Crippen molar-refractivity contribution in [3.8, 4) is 11.3 Å². The molecule has 21 heavy (non-hydrogen) atoms. The van der Waals surface area contributed by atoms with Crippen LogP contribution < -0.4 is 0 Å². The standard InChI is InChI=1S/C15H15F3N2O/c1-9(11-7-21-8-11)14-19-6-13(20-14)10-2-4-12(5-3-10)15(16,17)18/h2-6,9,11H,7-8H2,1H3,(H,19,20)/t9-/m0/s1. The Bertz CT molecular complexity index is 615. The molecule has 3 nitrogen and oxygen atoms in total. The molecule has 1 aliphatic heterocycles. The second kappa shape index (κ2) is 5.18. The Morgan fingerprint density at radius 3 is 2.43 bits per heavy atom. The Morgan fingerprint density at radius 1 is 1.24 bits per heavy atom. The Labute approximate surface area is 120 Å². The molecule has 1 aliphatic rings. The molecular weight excluding hydrogens is 281 g/mol. The van der Waals surface area contributed by atoms with Gasteiger partial charge >= 0.3 is 6.18 Å². The molecule has 0 saturated carbocycles. The zero-order valence-corrected chi connectivity index (χ0v) is 11.4. The maximum Gasteiger partial charge on any atom is 0.416 e. The van der Waals surface area contributed by atoms with Crippen molar-refractivity contribution in [2.45, 2.75) is 19.0 Å². The molecule has 1 fully saturated rings. The highest BCUT2D eigenvalue weighted by molar-refractivity contribution is 5.59. The molecule has 3 rings (SSSR count). The fourth-order valence-corrected chi connectivity index (χ4v) is 2.32. The van der Waals surface area contributed by atoms with E-state index < -0.39 is 11.7 Å². The van der Waals surface area contributed by atoms with Crippen LogP contribution in [-0.4, -0.2) is 23.2 Å². The SMILES string of the molecule is C[C@H](c1ncc(-c2ccc(C(F)(F)F)cc2)[nH]1)C1COC1. The number of hydrogen-bond donors (Lipinski definition) is 1. The highest BCUT2D eigenvalue weighted by Crippen LogP contribution is 2.32.